The molecule has 0 saturated heterocycles. The van der Waals surface area contributed by atoms with Crippen LogP contribution in [-0.4, -0.2) is 23.8 Å². The minimum Gasteiger partial charge on any atom is -0.478 e. The Balaban J connectivity index is 1.71. The van der Waals surface area contributed by atoms with Gasteiger partial charge in [-0.25, -0.2) is 9.59 Å². The van der Waals surface area contributed by atoms with Crippen molar-refractivity contribution >= 4 is 28.4 Å². The smallest absolute Gasteiger partial charge is 0.412 e. The lowest BCUT2D eigenvalue weighted by Crippen LogP contribution is -2.16. The fourth-order valence-corrected chi connectivity index (χ4v) is 3.56. The number of benzene rings is 1. The first-order chi connectivity index (χ1) is 11.1. The fourth-order valence-electron chi connectivity index (χ4n) is 2.40. The van der Waals surface area contributed by atoms with Crippen molar-refractivity contribution in [2.45, 2.75) is 19.6 Å². The molecule has 0 unspecified atom stereocenters. The van der Waals surface area contributed by atoms with Gasteiger partial charge in [0.1, 0.15) is 11.6 Å². The van der Waals surface area contributed by atoms with Crippen LogP contribution in [0.5, 0.6) is 0 Å². The van der Waals surface area contributed by atoms with Crippen molar-refractivity contribution in [3.05, 3.63) is 51.9 Å². The van der Waals surface area contributed by atoms with Crippen LogP contribution in [0.25, 0.3) is 0 Å². The Morgan fingerprint density at radius 2 is 2.09 bits per heavy atom. The maximum atomic E-state index is 11.9. The molecule has 0 spiro atoms. The zero-order chi connectivity index (χ0) is 16.2. The zero-order valence-corrected chi connectivity index (χ0v) is 13.0. The summed E-state index contributed by atoms with van der Waals surface area (Å²) in [5, 5.41) is 12.2. The lowest BCUT2D eigenvalue weighted by atomic mass is 10.1. The second-order valence-electron chi connectivity index (χ2n) is 5.00. The van der Waals surface area contributed by atoms with E-state index in [-0.39, 0.29) is 12.2 Å². The van der Waals surface area contributed by atoms with Crippen molar-refractivity contribution in [3.63, 3.8) is 0 Å². The van der Waals surface area contributed by atoms with Gasteiger partial charge in [-0.3, -0.25) is 5.32 Å². The number of anilines is 1. The van der Waals surface area contributed by atoms with Crippen molar-refractivity contribution < 1.29 is 24.2 Å². The normalized spacial score (nSPS) is 13.2. The summed E-state index contributed by atoms with van der Waals surface area (Å²) in [7, 11) is 0. The average molecular weight is 333 g/mol. The highest BCUT2D eigenvalue weighted by Crippen LogP contribution is 2.36. The molecule has 0 saturated carbocycles. The maximum absolute atomic E-state index is 11.9. The molecule has 1 aliphatic rings. The molecule has 1 aromatic carbocycles. The van der Waals surface area contributed by atoms with Gasteiger partial charge in [0.25, 0.3) is 0 Å². The minimum absolute atomic E-state index is 0.128. The number of amides is 1. The molecule has 1 amide bonds. The first-order valence-corrected chi connectivity index (χ1v) is 7.90. The first kappa shape index (κ1) is 15.5. The number of ether oxygens (including phenoxy) is 2. The third-order valence-corrected chi connectivity index (χ3v) is 4.58. The van der Waals surface area contributed by atoms with Crippen LogP contribution in [0.3, 0.4) is 0 Å². The summed E-state index contributed by atoms with van der Waals surface area (Å²) in [6, 6.07) is 9.27. The highest BCUT2D eigenvalue weighted by molar-refractivity contribution is 7.16. The molecule has 120 valence electrons. The highest BCUT2D eigenvalue weighted by atomic mass is 32.1. The molecule has 1 aromatic heterocycles. The number of carboxylic acid groups (broad SMARTS) is 1. The molecule has 0 radical (unpaired) electrons. The number of carbonyl (C=O) groups excluding carboxylic acids is 1. The molecule has 1 aliphatic heterocycles. The van der Waals surface area contributed by atoms with Gasteiger partial charge in [0.2, 0.25) is 0 Å². The van der Waals surface area contributed by atoms with Gasteiger partial charge in [0, 0.05) is 4.88 Å². The van der Waals surface area contributed by atoms with Gasteiger partial charge < -0.3 is 14.6 Å². The van der Waals surface area contributed by atoms with Crippen molar-refractivity contribution in [1.29, 1.82) is 0 Å². The zero-order valence-electron chi connectivity index (χ0n) is 12.2. The van der Waals surface area contributed by atoms with E-state index in [1.54, 1.807) is 0 Å². The Labute approximate surface area is 136 Å². The number of aromatic carboxylic acids is 1. The van der Waals surface area contributed by atoms with E-state index in [9.17, 15) is 14.7 Å². The fraction of sp³-hybridized carbons (Fsp3) is 0.250. The van der Waals surface area contributed by atoms with Crippen molar-refractivity contribution in [1.82, 2.24) is 0 Å². The molecule has 2 heterocycles. The monoisotopic (exact) mass is 333 g/mol. The summed E-state index contributed by atoms with van der Waals surface area (Å²) in [6.45, 7) is 0.992. The summed E-state index contributed by atoms with van der Waals surface area (Å²) in [5.41, 5.74) is 1.75. The molecular formula is C16H15NO5S. The molecule has 7 heteroatoms. The second-order valence-corrected chi connectivity index (χ2v) is 6.11. The Morgan fingerprint density at radius 1 is 1.30 bits per heavy atom. The van der Waals surface area contributed by atoms with Crippen LogP contribution in [0.4, 0.5) is 9.80 Å². The largest absolute Gasteiger partial charge is 0.478 e. The molecule has 0 atom stereocenters. The molecule has 0 aliphatic carbocycles. The Morgan fingerprint density at radius 3 is 2.83 bits per heavy atom. The third kappa shape index (κ3) is 3.52. The predicted octanol–water partition coefficient (Wildman–Crippen LogP) is 3.27. The van der Waals surface area contributed by atoms with Crippen LogP contribution in [0.2, 0.25) is 0 Å². The molecule has 0 fully saturated rings. The quantitative estimate of drug-likeness (QED) is 0.897. The molecule has 23 heavy (non-hydrogen) atoms. The number of fused-ring (bicyclic) bond motifs is 1. The molecule has 2 aromatic rings. The van der Waals surface area contributed by atoms with E-state index < -0.39 is 12.1 Å². The Hall–Kier alpha value is -2.38. The maximum Gasteiger partial charge on any atom is 0.412 e. The molecule has 3 rings (SSSR count). The number of hydrogen-bond donors (Lipinski definition) is 2. The van der Waals surface area contributed by atoms with Crippen LogP contribution in [0.15, 0.2) is 30.3 Å². The van der Waals surface area contributed by atoms with E-state index in [4.69, 9.17) is 9.47 Å². The summed E-state index contributed by atoms with van der Waals surface area (Å²) in [6.07, 6.45) is -0.135. The number of rotatable bonds is 4. The van der Waals surface area contributed by atoms with Gasteiger partial charge in [-0.1, -0.05) is 30.3 Å². The SMILES string of the molecule is O=C(Nc1sc2c(c1C(=O)O)CCOC2)OCc1ccccc1. The van der Waals surface area contributed by atoms with Crippen LogP contribution in [0.1, 0.15) is 26.4 Å². The van der Waals surface area contributed by atoms with Gasteiger partial charge in [-0.15, -0.1) is 11.3 Å². The van der Waals surface area contributed by atoms with Crippen LogP contribution >= 0.6 is 11.3 Å². The van der Waals surface area contributed by atoms with E-state index >= 15 is 0 Å². The Kier molecular flexibility index (Phi) is 4.59. The third-order valence-electron chi connectivity index (χ3n) is 3.46. The number of hydrogen-bond acceptors (Lipinski definition) is 5. The van der Waals surface area contributed by atoms with Crippen LogP contribution in [-0.2, 0) is 29.1 Å². The summed E-state index contributed by atoms with van der Waals surface area (Å²) in [4.78, 5) is 24.3. The van der Waals surface area contributed by atoms with Crippen molar-refractivity contribution in [3.8, 4) is 0 Å². The number of carbonyl (C=O) groups is 2. The number of carboxylic acids is 1. The molecular weight excluding hydrogens is 318 g/mol. The second kappa shape index (κ2) is 6.80. The first-order valence-electron chi connectivity index (χ1n) is 7.08. The van der Waals surface area contributed by atoms with Crippen LogP contribution in [0, 0.1) is 0 Å². The molecule has 2 N–H and O–H groups in total. The van der Waals surface area contributed by atoms with E-state index in [0.717, 1.165) is 16.0 Å². The average Bonchev–Trinajstić information content (AvgIpc) is 2.91. The van der Waals surface area contributed by atoms with Gasteiger partial charge in [0.05, 0.1) is 18.8 Å². The number of thiophene rings is 1. The minimum atomic E-state index is -1.05. The standard InChI is InChI=1S/C16H15NO5S/c18-15(19)13-11-6-7-21-9-12(11)23-14(13)17-16(20)22-8-10-4-2-1-3-5-10/h1-5H,6-9H2,(H,17,20)(H,18,19). The van der Waals surface area contributed by atoms with Gasteiger partial charge in [0.15, 0.2) is 0 Å². The summed E-state index contributed by atoms with van der Waals surface area (Å²) in [5.74, 6) is -1.05. The van der Waals surface area contributed by atoms with E-state index in [1.165, 1.54) is 11.3 Å². The Bertz CT molecular complexity index is 726. The van der Waals surface area contributed by atoms with E-state index in [2.05, 4.69) is 5.32 Å². The van der Waals surface area contributed by atoms with E-state index in [1.807, 2.05) is 30.3 Å². The highest BCUT2D eigenvalue weighted by Gasteiger charge is 2.26. The van der Waals surface area contributed by atoms with Gasteiger partial charge in [-0.2, -0.15) is 0 Å². The van der Waals surface area contributed by atoms with Gasteiger partial charge in [-0.05, 0) is 17.5 Å². The van der Waals surface area contributed by atoms with E-state index in [0.29, 0.717) is 24.6 Å². The lowest BCUT2D eigenvalue weighted by molar-refractivity contribution is 0.0693. The lowest BCUT2D eigenvalue weighted by Gasteiger charge is -2.12. The molecule has 6 nitrogen and oxygen atoms in total. The van der Waals surface area contributed by atoms with Crippen LogP contribution < -0.4 is 5.32 Å². The topological polar surface area (TPSA) is 84.9 Å². The van der Waals surface area contributed by atoms with Crippen molar-refractivity contribution in [2.24, 2.45) is 0 Å². The molecule has 0 bridgehead atoms. The predicted molar refractivity (Wildman–Crippen MR) is 84.9 cm³/mol. The summed E-state index contributed by atoms with van der Waals surface area (Å²) < 4.78 is 10.5. The number of nitrogens with one attached hydrogen (secondary N) is 1. The van der Waals surface area contributed by atoms with Crippen molar-refractivity contribution in [2.75, 3.05) is 11.9 Å². The summed E-state index contributed by atoms with van der Waals surface area (Å²) >= 11 is 1.22. The van der Waals surface area contributed by atoms with Gasteiger partial charge >= 0.3 is 12.1 Å².